The first-order valence-electron chi connectivity index (χ1n) is 7.58. The van der Waals surface area contributed by atoms with E-state index in [-0.39, 0.29) is 0 Å². The second kappa shape index (κ2) is 11.9. The molecule has 0 radical (unpaired) electrons. The zero-order valence-electron chi connectivity index (χ0n) is 13.8. The van der Waals surface area contributed by atoms with Gasteiger partial charge >= 0.3 is 17.9 Å². The van der Waals surface area contributed by atoms with Crippen LogP contribution >= 0.6 is 34.8 Å². The molecule has 0 aliphatic carbocycles. The summed E-state index contributed by atoms with van der Waals surface area (Å²) in [6.45, 7) is 0. The molecule has 0 saturated heterocycles. The van der Waals surface area contributed by atoms with Gasteiger partial charge in [-0.3, -0.25) is 28.8 Å². The summed E-state index contributed by atoms with van der Waals surface area (Å²) in [5, 5.41) is 24.8. The van der Waals surface area contributed by atoms with Gasteiger partial charge in [0.05, 0.1) is 17.8 Å². The van der Waals surface area contributed by atoms with Gasteiger partial charge in [0.25, 0.3) is 0 Å². The SMILES string of the molecule is O=C(Cl)CC(CC(CC(CC(=O)Cl)C(=O)O)C(CC(=O)Cl)C(=O)O)C(=O)O. The Bertz CT molecular complexity index is 584. The van der Waals surface area contributed by atoms with Crippen LogP contribution in [-0.2, 0) is 28.8 Å². The smallest absolute Gasteiger partial charge is 0.307 e. The number of carboxylic acids is 3. The fourth-order valence-electron chi connectivity index (χ4n) is 2.71. The summed E-state index contributed by atoms with van der Waals surface area (Å²) in [6, 6.07) is 0. The lowest BCUT2D eigenvalue weighted by Gasteiger charge is -2.27. The Balaban J connectivity index is 5.81. The van der Waals surface area contributed by atoms with Crippen LogP contribution in [0.15, 0.2) is 0 Å². The van der Waals surface area contributed by atoms with Gasteiger partial charge in [0.2, 0.25) is 15.7 Å². The average Bonchev–Trinajstić information content (AvgIpc) is 2.48. The predicted molar refractivity (Wildman–Crippen MR) is 92.5 cm³/mol. The van der Waals surface area contributed by atoms with Crippen molar-refractivity contribution in [2.45, 2.75) is 32.1 Å². The molecular formula is C15H17Cl3O9. The number of hydrogen-bond acceptors (Lipinski definition) is 6. The van der Waals surface area contributed by atoms with Crippen LogP contribution in [0.5, 0.6) is 0 Å². The molecule has 9 nitrogen and oxygen atoms in total. The fraction of sp³-hybridized carbons (Fsp3) is 0.600. The third kappa shape index (κ3) is 10.3. The largest absolute Gasteiger partial charge is 0.481 e. The molecule has 0 heterocycles. The highest BCUT2D eigenvalue weighted by molar-refractivity contribution is 6.64. The first-order valence-corrected chi connectivity index (χ1v) is 8.71. The molecule has 0 aliphatic heterocycles. The van der Waals surface area contributed by atoms with Crippen molar-refractivity contribution in [2.75, 3.05) is 0 Å². The van der Waals surface area contributed by atoms with Crippen LogP contribution in [0.1, 0.15) is 32.1 Å². The Morgan fingerprint density at radius 1 is 0.593 bits per heavy atom. The van der Waals surface area contributed by atoms with E-state index in [0.29, 0.717) is 0 Å². The fourth-order valence-corrected chi connectivity index (χ4v) is 3.25. The van der Waals surface area contributed by atoms with Crippen molar-refractivity contribution in [1.82, 2.24) is 0 Å². The molecule has 3 N–H and O–H groups in total. The van der Waals surface area contributed by atoms with E-state index in [4.69, 9.17) is 34.8 Å². The predicted octanol–water partition coefficient (Wildman–Crippen LogP) is 1.95. The summed E-state index contributed by atoms with van der Waals surface area (Å²) < 4.78 is 0. The van der Waals surface area contributed by atoms with E-state index >= 15 is 0 Å². The Kier molecular flexibility index (Phi) is 11.1. The number of rotatable bonds is 14. The van der Waals surface area contributed by atoms with Crippen molar-refractivity contribution in [1.29, 1.82) is 0 Å². The van der Waals surface area contributed by atoms with Gasteiger partial charge in [0, 0.05) is 19.3 Å². The van der Waals surface area contributed by atoms with Gasteiger partial charge in [-0.05, 0) is 53.6 Å². The van der Waals surface area contributed by atoms with Crippen LogP contribution in [-0.4, -0.2) is 49.0 Å². The van der Waals surface area contributed by atoms with Crippen LogP contribution < -0.4 is 0 Å². The van der Waals surface area contributed by atoms with Gasteiger partial charge < -0.3 is 15.3 Å². The maximum Gasteiger partial charge on any atom is 0.307 e. The molecule has 3 unspecified atom stereocenters. The maximum absolute atomic E-state index is 11.5. The Morgan fingerprint density at radius 2 is 0.926 bits per heavy atom. The molecule has 0 amide bonds. The Labute approximate surface area is 168 Å². The second-order valence-corrected chi connectivity index (χ2v) is 7.19. The number of carboxylic acid groups (broad SMARTS) is 3. The third-order valence-electron chi connectivity index (χ3n) is 3.95. The van der Waals surface area contributed by atoms with E-state index in [2.05, 4.69) is 0 Å². The lowest BCUT2D eigenvalue weighted by Crippen LogP contribution is -2.33. The van der Waals surface area contributed by atoms with E-state index < -0.39 is 89.4 Å². The van der Waals surface area contributed by atoms with Gasteiger partial charge in [0.1, 0.15) is 0 Å². The monoisotopic (exact) mass is 446 g/mol. The summed E-state index contributed by atoms with van der Waals surface area (Å²) in [5.74, 6) is -9.93. The van der Waals surface area contributed by atoms with Gasteiger partial charge in [-0.15, -0.1) is 0 Å². The molecule has 152 valence electrons. The topological polar surface area (TPSA) is 163 Å². The Morgan fingerprint density at radius 3 is 1.15 bits per heavy atom. The molecule has 12 heteroatoms. The molecule has 27 heavy (non-hydrogen) atoms. The molecule has 0 spiro atoms. The number of carbonyl (C=O) groups excluding carboxylic acids is 3. The van der Waals surface area contributed by atoms with Crippen molar-refractivity contribution >= 4 is 68.4 Å². The first kappa shape index (κ1) is 25.3. The third-order valence-corrected chi connectivity index (χ3v) is 4.42. The van der Waals surface area contributed by atoms with E-state index in [1.807, 2.05) is 0 Å². The quantitative estimate of drug-likeness (QED) is 0.338. The van der Waals surface area contributed by atoms with Crippen LogP contribution in [0.2, 0.25) is 0 Å². The van der Waals surface area contributed by atoms with Crippen molar-refractivity contribution in [2.24, 2.45) is 23.7 Å². The number of hydrogen-bond donors (Lipinski definition) is 3. The van der Waals surface area contributed by atoms with Gasteiger partial charge in [-0.25, -0.2) is 0 Å². The zero-order chi connectivity index (χ0) is 21.3. The molecule has 3 atom stereocenters. The highest BCUT2D eigenvalue weighted by Crippen LogP contribution is 2.33. The minimum Gasteiger partial charge on any atom is -0.481 e. The summed E-state index contributed by atoms with van der Waals surface area (Å²) in [7, 11) is 0. The summed E-state index contributed by atoms with van der Waals surface area (Å²) >= 11 is 15.6. The van der Waals surface area contributed by atoms with Crippen LogP contribution in [0.4, 0.5) is 0 Å². The Hall–Kier alpha value is -1.71. The summed E-state index contributed by atoms with van der Waals surface area (Å²) in [5.41, 5.74) is 0. The van der Waals surface area contributed by atoms with Crippen LogP contribution in [0.3, 0.4) is 0 Å². The normalized spacial score (nSPS) is 15.2. The lowest BCUT2D eigenvalue weighted by atomic mass is 9.76. The molecule has 0 aromatic carbocycles. The molecule has 0 aliphatic rings. The van der Waals surface area contributed by atoms with Crippen molar-refractivity contribution < 1.29 is 44.1 Å². The standard InChI is InChI=1S/C15H17Cl3O9/c16-10(19)3-7(13(22)23)1-6(9(15(26)27)5-12(18)21)2-8(14(24)25)4-11(17)20/h6-9H,1-5H2,(H,22,23)(H,24,25)(H,26,27). The minimum absolute atomic E-state index is 0.463. The minimum atomic E-state index is -1.52. The second-order valence-electron chi connectivity index (χ2n) is 5.92. The zero-order valence-corrected chi connectivity index (χ0v) is 16.0. The molecule has 0 fully saturated rings. The number of carbonyl (C=O) groups is 6. The van der Waals surface area contributed by atoms with Crippen molar-refractivity contribution in [3.63, 3.8) is 0 Å². The van der Waals surface area contributed by atoms with E-state index in [0.717, 1.165) is 0 Å². The van der Waals surface area contributed by atoms with Gasteiger partial charge in [-0.1, -0.05) is 0 Å². The molecule has 0 saturated carbocycles. The van der Waals surface area contributed by atoms with E-state index in [1.54, 1.807) is 0 Å². The van der Waals surface area contributed by atoms with E-state index in [9.17, 15) is 44.1 Å². The van der Waals surface area contributed by atoms with Crippen molar-refractivity contribution in [3.8, 4) is 0 Å². The highest BCUT2D eigenvalue weighted by Gasteiger charge is 2.37. The maximum atomic E-state index is 11.5. The van der Waals surface area contributed by atoms with Crippen molar-refractivity contribution in [3.05, 3.63) is 0 Å². The van der Waals surface area contributed by atoms with E-state index in [1.165, 1.54) is 0 Å². The van der Waals surface area contributed by atoms with Crippen LogP contribution in [0.25, 0.3) is 0 Å². The number of aliphatic carboxylic acids is 3. The molecule has 0 bridgehead atoms. The molecule has 0 aromatic rings. The first-order chi connectivity index (χ1) is 12.3. The van der Waals surface area contributed by atoms with Gasteiger partial charge in [-0.2, -0.15) is 0 Å². The van der Waals surface area contributed by atoms with Crippen LogP contribution in [0, 0.1) is 23.7 Å². The molecule has 0 aromatic heterocycles. The molecule has 0 rings (SSSR count). The van der Waals surface area contributed by atoms with Gasteiger partial charge in [0.15, 0.2) is 0 Å². The summed E-state index contributed by atoms with van der Waals surface area (Å²) in [6.07, 6.45) is -2.87. The lowest BCUT2D eigenvalue weighted by molar-refractivity contribution is -0.150. The average molecular weight is 448 g/mol. The highest BCUT2D eigenvalue weighted by atomic mass is 35.5. The summed E-state index contributed by atoms with van der Waals surface area (Å²) in [4.78, 5) is 67.5. The number of halogens is 3. The molecular weight excluding hydrogens is 431 g/mol.